The maximum atomic E-state index is 14.6. The first kappa shape index (κ1) is 31.3. The number of alkyl halides is 3. The summed E-state index contributed by atoms with van der Waals surface area (Å²) in [5.74, 6) is -1.25. The molecule has 44 heavy (non-hydrogen) atoms. The van der Waals surface area contributed by atoms with E-state index in [0.29, 0.717) is 44.0 Å². The maximum Gasteiger partial charge on any atom is 0.429 e. The number of nitrogens with two attached hydrogens (primary N) is 2. The molecule has 0 aliphatic carbocycles. The van der Waals surface area contributed by atoms with Crippen LogP contribution in [0.25, 0.3) is 11.1 Å². The molecule has 0 unspecified atom stereocenters. The molecule has 2 saturated heterocycles. The summed E-state index contributed by atoms with van der Waals surface area (Å²) in [6.07, 6.45) is -5.20. The average molecular weight is 633 g/mol. The number of aromatic nitrogens is 2. The normalized spacial score (nSPS) is 18.7. The zero-order chi connectivity index (χ0) is 31.6. The van der Waals surface area contributed by atoms with Crippen molar-refractivity contribution in [2.24, 2.45) is 11.1 Å². The van der Waals surface area contributed by atoms with E-state index in [0.717, 1.165) is 12.8 Å². The molecular formula is C30H32ClF3N6O4. The van der Waals surface area contributed by atoms with E-state index in [-0.39, 0.29) is 51.0 Å². The number of hydrogen-bond acceptors (Lipinski definition) is 9. The van der Waals surface area contributed by atoms with Gasteiger partial charge in [0.1, 0.15) is 11.9 Å². The van der Waals surface area contributed by atoms with Crippen molar-refractivity contribution in [1.29, 1.82) is 0 Å². The van der Waals surface area contributed by atoms with Gasteiger partial charge in [-0.2, -0.15) is 23.1 Å². The Balaban J connectivity index is 1.39. The predicted molar refractivity (Wildman–Crippen MR) is 158 cm³/mol. The van der Waals surface area contributed by atoms with Crippen LogP contribution in [0.3, 0.4) is 0 Å². The third kappa shape index (κ3) is 6.83. The highest BCUT2D eigenvalue weighted by atomic mass is 35.5. The van der Waals surface area contributed by atoms with Gasteiger partial charge in [0, 0.05) is 41.9 Å². The summed E-state index contributed by atoms with van der Waals surface area (Å²) in [4.78, 5) is 34.1. The van der Waals surface area contributed by atoms with Crippen molar-refractivity contribution in [2.75, 3.05) is 36.9 Å². The number of nitrogens with zero attached hydrogens (tertiary/aromatic N) is 3. The van der Waals surface area contributed by atoms with Gasteiger partial charge in [0.2, 0.25) is 23.8 Å². The van der Waals surface area contributed by atoms with Gasteiger partial charge >= 0.3 is 12.1 Å². The third-order valence-electron chi connectivity index (χ3n) is 8.08. The number of halogens is 4. The smallest absolute Gasteiger partial charge is 0.429 e. The van der Waals surface area contributed by atoms with E-state index in [2.05, 4.69) is 15.3 Å². The molecule has 2 aliphatic rings. The molecule has 2 aromatic carbocycles. The van der Waals surface area contributed by atoms with Gasteiger partial charge in [0.05, 0.1) is 6.61 Å². The molecule has 0 saturated carbocycles. The lowest BCUT2D eigenvalue weighted by Gasteiger charge is -2.39. The molecule has 1 spiro atoms. The van der Waals surface area contributed by atoms with Crippen LogP contribution in [-0.2, 0) is 9.53 Å². The van der Waals surface area contributed by atoms with Gasteiger partial charge in [-0.15, -0.1) is 0 Å². The summed E-state index contributed by atoms with van der Waals surface area (Å²) in [5, 5.41) is 3.45. The fraction of sp³-hybridized carbons (Fsp3) is 0.400. The van der Waals surface area contributed by atoms with Crippen molar-refractivity contribution in [1.82, 2.24) is 15.3 Å². The van der Waals surface area contributed by atoms with Crippen molar-refractivity contribution >= 4 is 35.2 Å². The second-order valence-corrected chi connectivity index (χ2v) is 11.5. The lowest BCUT2D eigenvalue weighted by atomic mass is 9.76. The number of carbonyl (C=O) groups is 2. The largest absolute Gasteiger partial charge is 0.465 e. The minimum atomic E-state index is -4.87. The van der Waals surface area contributed by atoms with Crippen LogP contribution in [0, 0.1) is 5.41 Å². The molecule has 1 aromatic heterocycles. The number of benzene rings is 2. The molecule has 2 atom stereocenters. The predicted octanol–water partition coefficient (Wildman–Crippen LogP) is 4.67. The van der Waals surface area contributed by atoms with Gasteiger partial charge in [-0.1, -0.05) is 29.8 Å². The summed E-state index contributed by atoms with van der Waals surface area (Å²) in [6, 6.07) is 10.8. The van der Waals surface area contributed by atoms with Gasteiger partial charge in [0.25, 0.3) is 0 Å². The number of esters is 1. The van der Waals surface area contributed by atoms with Crippen LogP contribution in [-0.4, -0.2) is 60.3 Å². The van der Waals surface area contributed by atoms with E-state index in [1.165, 1.54) is 42.5 Å². The summed E-state index contributed by atoms with van der Waals surface area (Å²) >= 11 is 6.17. The van der Waals surface area contributed by atoms with Crippen LogP contribution in [0.5, 0.6) is 5.88 Å². The topological polar surface area (TPSA) is 146 Å². The van der Waals surface area contributed by atoms with Crippen LogP contribution >= 0.6 is 11.6 Å². The molecule has 5 N–H and O–H groups in total. The zero-order valence-corrected chi connectivity index (χ0v) is 24.6. The van der Waals surface area contributed by atoms with E-state index in [4.69, 9.17) is 32.5 Å². The highest BCUT2D eigenvalue weighted by Crippen LogP contribution is 2.43. The van der Waals surface area contributed by atoms with Crippen LogP contribution in [0.4, 0.5) is 24.9 Å². The molecule has 234 valence electrons. The van der Waals surface area contributed by atoms with Crippen LogP contribution in [0.15, 0.2) is 48.5 Å². The fourth-order valence-corrected chi connectivity index (χ4v) is 6.02. The minimum Gasteiger partial charge on any atom is -0.465 e. The number of primary amides is 1. The first-order chi connectivity index (χ1) is 20.9. The number of nitrogens with one attached hydrogen (secondary N) is 1. The number of rotatable bonds is 8. The Bertz CT molecular complexity index is 1550. The second kappa shape index (κ2) is 12.5. The first-order valence-corrected chi connectivity index (χ1v) is 14.5. The van der Waals surface area contributed by atoms with E-state index in [1.54, 1.807) is 13.0 Å². The van der Waals surface area contributed by atoms with Crippen molar-refractivity contribution < 1.29 is 32.2 Å². The van der Waals surface area contributed by atoms with E-state index in [9.17, 15) is 22.8 Å². The molecular weight excluding hydrogens is 601 g/mol. The number of ether oxygens (including phenoxy) is 2. The van der Waals surface area contributed by atoms with Gasteiger partial charge < -0.3 is 31.2 Å². The first-order valence-electron chi connectivity index (χ1n) is 14.1. The fourth-order valence-electron chi connectivity index (χ4n) is 5.84. The molecule has 14 heteroatoms. The highest BCUT2D eigenvalue weighted by molar-refractivity contribution is 6.30. The molecule has 5 rings (SSSR count). The molecule has 10 nitrogen and oxygen atoms in total. The Labute approximate surface area is 256 Å². The number of anilines is 2. The summed E-state index contributed by atoms with van der Waals surface area (Å²) in [5.41, 5.74) is 11.5. The number of nitrogen functional groups attached to an aromatic ring is 1. The maximum absolute atomic E-state index is 14.6. The van der Waals surface area contributed by atoms with Crippen molar-refractivity contribution in [3.8, 4) is 17.0 Å². The number of hydrogen-bond donors (Lipinski definition) is 3. The summed E-state index contributed by atoms with van der Waals surface area (Å²) in [6.45, 7) is 3.85. The molecule has 0 bridgehead atoms. The van der Waals surface area contributed by atoms with Crippen LogP contribution < -0.4 is 26.4 Å². The molecule has 3 heterocycles. The Morgan fingerprint density at radius 2 is 1.91 bits per heavy atom. The van der Waals surface area contributed by atoms with Gasteiger partial charge in [-0.3, -0.25) is 9.59 Å². The quantitative estimate of drug-likeness (QED) is 0.302. The number of piperidine rings is 1. The zero-order valence-electron chi connectivity index (χ0n) is 23.9. The Morgan fingerprint density at radius 3 is 2.59 bits per heavy atom. The van der Waals surface area contributed by atoms with Crippen LogP contribution in [0.1, 0.15) is 48.2 Å². The molecule has 0 radical (unpaired) electrons. The second-order valence-electron chi connectivity index (χ2n) is 11.0. The van der Waals surface area contributed by atoms with Crippen molar-refractivity contribution in [3.05, 3.63) is 64.7 Å². The Morgan fingerprint density at radius 1 is 1.16 bits per heavy atom. The van der Waals surface area contributed by atoms with E-state index >= 15 is 0 Å². The number of carbonyl (C=O) groups excluding carboxylic acids is 2. The van der Waals surface area contributed by atoms with E-state index < -0.39 is 18.2 Å². The summed E-state index contributed by atoms with van der Waals surface area (Å²) < 4.78 is 54.5. The van der Waals surface area contributed by atoms with Gasteiger partial charge in [-0.05, 0) is 67.0 Å². The monoisotopic (exact) mass is 632 g/mol. The molecule has 2 fully saturated rings. The van der Waals surface area contributed by atoms with Crippen molar-refractivity contribution in [2.45, 2.75) is 44.5 Å². The van der Waals surface area contributed by atoms with Gasteiger partial charge in [0.15, 0.2) is 0 Å². The van der Waals surface area contributed by atoms with Gasteiger partial charge in [-0.25, -0.2) is 0 Å². The SMILES string of the molecule is CCOC(=O)[C@@H]1CC2(CCN(c3cc(O[C@H](c4ccc(Cl)cc4-c4cccc(C(N)=O)c4)C(F)(F)F)nc(N)n3)CC2)CN1. The minimum absolute atomic E-state index is 0.0932. The third-order valence-corrected chi connectivity index (χ3v) is 8.31. The highest BCUT2D eigenvalue weighted by Gasteiger charge is 2.46. The molecule has 3 aromatic rings. The van der Waals surface area contributed by atoms with Crippen LogP contribution in [0.2, 0.25) is 5.02 Å². The van der Waals surface area contributed by atoms with E-state index in [1.807, 2.05) is 4.90 Å². The Hall–Kier alpha value is -4.10. The van der Waals surface area contributed by atoms with Crippen molar-refractivity contribution in [3.63, 3.8) is 0 Å². The summed E-state index contributed by atoms with van der Waals surface area (Å²) in [7, 11) is 0. The lowest BCUT2D eigenvalue weighted by molar-refractivity contribution is -0.198. The molecule has 1 amide bonds. The number of amides is 1. The average Bonchev–Trinajstić information content (AvgIpc) is 3.39. The molecule has 2 aliphatic heterocycles. The standard InChI is InChI=1S/C30H32ClF3N6O4/c1-2-43-27(42)22-15-29(16-37-22)8-10-40(11-9-29)23-14-24(39-28(36)38-23)44-25(30(32,33)34)20-7-6-19(31)13-21(20)17-4-3-5-18(12-17)26(35)41/h3-7,12-14,22,25,37H,2,8-11,15-16H2,1H3,(H2,35,41)(H2,36,38,39)/t22-,25+/m0/s1. The Kier molecular flexibility index (Phi) is 8.89. The lowest BCUT2D eigenvalue weighted by Crippen LogP contribution is -2.41.